The first kappa shape index (κ1) is 20.1. The molecule has 1 aromatic heterocycles. The molecule has 1 aliphatic rings. The number of anilines is 1. The standard InChI is InChI=1S/C23H18N3O3.Mn/c27-21-11-20(22(21)28)26-9-7-15-5-4-14(10-16(15)13-26)12-25-23(29)18-2-1-3-19-17(18)6-8-24-19;/h1-6,8,10,24H,7,9,12-13H2,(H,25,29);/q-1;. The van der Waals surface area contributed by atoms with Crippen molar-refractivity contribution in [2.24, 2.45) is 0 Å². The van der Waals surface area contributed by atoms with E-state index in [0.29, 0.717) is 30.9 Å². The maximum Gasteiger partial charge on any atom is 0.252 e. The fourth-order valence-corrected chi connectivity index (χ4v) is 3.96. The van der Waals surface area contributed by atoms with Crippen molar-refractivity contribution in [3.8, 4) is 0 Å². The number of fused-ring (bicyclic) bond motifs is 2. The molecule has 0 atom stereocenters. The Morgan fingerprint density at radius 3 is 2.80 bits per heavy atom. The summed E-state index contributed by atoms with van der Waals surface area (Å²) in [4.78, 5) is 40.5. The van der Waals surface area contributed by atoms with Crippen LogP contribution in [0.1, 0.15) is 27.0 Å². The van der Waals surface area contributed by atoms with Gasteiger partial charge in [0, 0.05) is 59.4 Å². The fraction of sp³-hybridized carbons (Fsp3) is 0.174. The predicted molar refractivity (Wildman–Crippen MR) is 111 cm³/mol. The Morgan fingerprint density at radius 1 is 1.13 bits per heavy atom. The van der Waals surface area contributed by atoms with Gasteiger partial charge in [-0.3, -0.25) is 4.79 Å². The van der Waals surface area contributed by atoms with Gasteiger partial charge in [0.15, 0.2) is 0 Å². The Kier molecular flexibility index (Phi) is 5.33. The van der Waals surface area contributed by atoms with Gasteiger partial charge >= 0.3 is 0 Å². The number of aromatic amines is 1. The molecule has 0 unspecified atom stereocenters. The summed E-state index contributed by atoms with van der Waals surface area (Å²) < 4.78 is 0. The first-order valence-corrected chi connectivity index (χ1v) is 9.53. The van der Waals surface area contributed by atoms with Crippen molar-refractivity contribution in [3.05, 3.63) is 97.4 Å². The Hall–Kier alpha value is -3.15. The second kappa shape index (κ2) is 7.94. The van der Waals surface area contributed by atoms with E-state index in [-0.39, 0.29) is 23.0 Å². The summed E-state index contributed by atoms with van der Waals surface area (Å²) >= 11 is 0. The van der Waals surface area contributed by atoms with E-state index in [1.54, 1.807) is 0 Å². The maximum absolute atomic E-state index is 12.7. The summed E-state index contributed by atoms with van der Waals surface area (Å²) in [5.74, 6) is -0.118. The zero-order chi connectivity index (χ0) is 20.0. The number of H-pyrrole nitrogens is 1. The molecule has 1 aliphatic heterocycles. The Labute approximate surface area is 183 Å². The van der Waals surface area contributed by atoms with Crippen LogP contribution < -0.4 is 21.1 Å². The van der Waals surface area contributed by atoms with Crippen LogP contribution in [0.4, 0.5) is 5.69 Å². The monoisotopic (exact) mass is 439 g/mol. The van der Waals surface area contributed by atoms with E-state index in [0.717, 1.165) is 28.5 Å². The number of benzene rings is 2. The van der Waals surface area contributed by atoms with Crippen molar-refractivity contribution in [1.82, 2.24) is 10.3 Å². The number of carbonyl (C=O) groups excluding carboxylic acids is 1. The molecule has 7 heteroatoms. The van der Waals surface area contributed by atoms with Crippen molar-refractivity contribution < 1.29 is 21.9 Å². The van der Waals surface area contributed by atoms with E-state index in [1.165, 1.54) is 5.56 Å². The van der Waals surface area contributed by atoms with Crippen LogP contribution in [0.5, 0.6) is 0 Å². The number of carbonyl (C=O) groups is 1. The number of hydrogen-bond acceptors (Lipinski definition) is 4. The molecule has 0 fully saturated rings. The summed E-state index contributed by atoms with van der Waals surface area (Å²) in [7, 11) is 0. The molecule has 30 heavy (non-hydrogen) atoms. The van der Waals surface area contributed by atoms with E-state index in [2.05, 4.69) is 28.5 Å². The van der Waals surface area contributed by atoms with E-state index in [4.69, 9.17) is 0 Å². The van der Waals surface area contributed by atoms with E-state index >= 15 is 0 Å². The Bertz CT molecular complexity index is 1320. The molecule has 4 aromatic rings. The van der Waals surface area contributed by atoms with Gasteiger partial charge in [0.2, 0.25) is 0 Å². The maximum atomic E-state index is 12.7. The molecule has 0 spiro atoms. The van der Waals surface area contributed by atoms with Gasteiger partial charge in [0.1, 0.15) is 10.9 Å². The molecular weight excluding hydrogens is 421 g/mol. The molecule has 3 aromatic carbocycles. The minimum atomic E-state index is -0.542. The number of rotatable bonds is 4. The van der Waals surface area contributed by atoms with Crippen LogP contribution in [0.3, 0.4) is 0 Å². The average molecular weight is 439 g/mol. The Morgan fingerprint density at radius 2 is 2.00 bits per heavy atom. The van der Waals surface area contributed by atoms with E-state index in [1.807, 2.05) is 41.4 Å². The molecule has 1 radical (unpaired) electrons. The molecule has 6 nitrogen and oxygen atoms in total. The smallest absolute Gasteiger partial charge is 0.252 e. The fourth-order valence-electron chi connectivity index (χ4n) is 3.96. The first-order chi connectivity index (χ1) is 14.1. The summed E-state index contributed by atoms with van der Waals surface area (Å²) in [5, 5.41) is 3.89. The van der Waals surface area contributed by atoms with Gasteiger partial charge in [-0.25, -0.2) is 0 Å². The number of hydrogen-bond donors (Lipinski definition) is 2. The molecule has 0 bridgehead atoms. The summed E-state index contributed by atoms with van der Waals surface area (Å²) in [6.45, 7) is 1.69. The molecule has 1 amide bonds. The molecule has 0 aliphatic carbocycles. The molecule has 5 rings (SSSR count). The van der Waals surface area contributed by atoms with Gasteiger partial charge in [-0.1, -0.05) is 24.3 Å². The van der Waals surface area contributed by atoms with Crippen molar-refractivity contribution in [1.29, 1.82) is 0 Å². The van der Waals surface area contributed by atoms with Crippen LogP contribution >= 0.6 is 0 Å². The largest absolute Gasteiger partial charge is 0.385 e. The second-order valence-electron chi connectivity index (χ2n) is 7.33. The van der Waals surface area contributed by atoms with Crippen LogP contribution in [0.2, 0.25) is 0 Å². The normalized spacial score (nSPS) is 13.1. The van der Waals surface area contributed by atoms with Crippen molar-refractivity contribution in [2.75, 3.05) is 11.4 Å². The molecule has 0 saturated carbocycles. The Balaban J connectivity index is 0.00000218. The number of aromatic nitrogens is 1. The van der Waals surface area contributed by atoms with Gasteiger partial charge in [-0.15, -0.1) is 6.07 Å². The topological polar surface area (TPSA) is 82.3 Å². The van der Waals surface area contributed by atoms with E-state index < -0.39 is 10.9 Å². The molecule has 0 saturated heterocycles. The van der Waals surface area contributed by atoms with Crippen molar-refractivity contribution in [3.63, 3.8) is 0 Å². The van der Waals surface area contributed by atoms with E-state index in [9.17, 15) is 14.4 Å². The average Bonchev–Trinajstić information content (AvgIpc) is 3.24. The third-order valence-electron chi connectivity index (χ3n) is 5.55. The van der Waals surface area contributed by atoms with Crippen LogP contribution in [-0.4, -0.2) is 17.4 Å². The number of nitrogens with zero attached hydrogens (tertiary/aromatic N) is 1. The molecule has 2 heterocycles. The zero-order valence-corrected chi connectivity index (χ0v) is 17.2. The zero-order valence-electron chi connectivity index (χ0n) is 16.0. The van der Waals surface area contributed by atoms with Gasteiger partial charge in [-0.05, 0) is 47.0 Å². The summed E-state index contributed by atoms with van der Waals surface area (Å²) in [6.07, 6.45) is 2.63. The van der Waals surface area contributed by atoms with Crippen LogP contribution in [0, 0.1) is 6.07 Å². The van der Waals surface area contributed by atoms with Crippen molar-refractivity contribution in [2.45, 2.75) is 19.5 Å². The minimum absolute atomic E-state index is 0. The third kappa shape index (κ3) is 3.47. The number of amides is 1. The van der Waals surface area contributed by atoms with Gasteiger partial charge < -0.3 is 24.8 Å². The SMILES string of the molecule is O=C(NCc1ccc2c(c1)CN(c1[c-]c(=O)c1=O)CC2)c1cccc2[nH]ccc12.[Mn]. The second-order valence-corrected chi connectivity index (χ2v) is 7.33. The molecule has 2 N–H and O–H groups in total. The number of nitrogens with one attached hydrogen (secondary N) is 2. The predicted octanol–water partition coefficient (Wildman–Crippen LogP) is 2.05. The van der Waals surface area contributed by atoms with Crippen LogP contribution in [0.25, 0.3) is 10.9 Å². The summed E-state index contributed by atoms with van der Waals surface area (Å²) in [6, 6.07) is 16.2. The van der Waals surface area contributed by atoms with Crippen molar-refractivity contribution >= 4 is 22.5 Å². The summed E-state index contributed by atoms with van der Waals surface area (Å²) in [5.41, 5.74) is 4.30. The molecule has 151 valence electrons. The molecular formula is C23H18MnN3O3-. The quantitative estimate of drug-likeness (QED) is 0.290. The van der Waals surface area contributed by atoms with Gasteiger partial charge in [-0.2, -0.15) is 0 Å². The first-order valence-electron chi connectivity index (χ1n) is 9.53. The minimum Gasteiger partial charge on any atom is -0.385 e. The third-order valence-corrected chi connectivity index (χ3v) is 5.55. The van der Waals surface area contributed by atoms with Gasteiger partial charge in [0.05, 0.1) is 0 Å². The van der Waals surface area contributed by atoms with Gasteiger partial charge in [0.25, 0.3) is 5.91 Å². The van der Waals surface area contributed by atoms with Crippen LogP contribution in [0.15, 0.2) is 58.3 Å². The van der Waals surface area contributed by atoms with Crippen LogP contribution in [-0.2, 0) is 36.6 Å².